The second kappa shape index (κ2) is 4.22. The zero-order valence-electron chi connectivity index (χ0n) is 9.46. The molecule has 3 heterocycles. The lowest BCUT2D eigenvalue weighted by Gasteiger charge is -2.05. The van der Waals surface area contributed by atoms with E-state index in [0.717, 1.165) is 17.9 Å². The number of thiophene rings is 1. The van der Waals surface area contributed by atoms with E-state index in [2.05, 4.69) is 27.9 Å². The predicted octanol–water partition coefficient (Wildman–Crippen LogP) is 3.56. The van der Waals surface area contributed by atoms with Gasteiger partial charge in [-0.1, -0.05) is 0 Å². The van der Waals surface area contributed by atoms with Gasteiger partial charge in [0.15, 0.2) is 5.82 Å². The molecule has 0 saturated heterocycles. The van der Waals surface area contributed by atoms with Gasteiger partial charge >= 0.3 is 0 Å². The molecular formula is C13H12N2OS. The Labute approximate surface area is 103 Å². The van der Waals surface area contributed by atoms with Gasteiger partial charge in [0.05, 0.1) is 23.9 Å². The summed E-state index contributed by atoms with van der Waals surface area (Å²) in [6.45, 7) is 2.91. The molecule has 0 amide bonds. The molecule has 0 fully saturated rings. The van der Waals surface area contributed by atoms with Crippen molar-refractivity contribution in [3.63, 3.8) is 0 Å². The molecule has 0 saturated carbocycles. The molecule has 0 aliphatic rings. The highest BCUT2D eigenvalue weighted by Crippen LogP contribution is 2.27. The smallest absolute Gasteiger partial charge is 0.150 e. The molecule has 0 spiro atoms. The minimum atomic E-state index is 0.795. The second-order valence-electron chi connectivity index (χ2n) is 3.94. The summed E-state index contributed by atoms with van der Waals surface area (Å²) in [6, 6.07) is 4.10. The first kappa shape index (κ1) is 10.4. The molecule has 0 atom stereocenters. The molecule has 0 radical (unpaired) electrons. The van der Waals surface area contributed by atoms with Crippen molar-refractivity contribution in [2.24, 2.45) is 0 Å². The molecule has 86 valence electrons. The van der Waals surface area contributed by atoms with Crippen molar-refractivity contribution in [2.45, 2.75) is 13.5 Å². The zero-order valence-corrected chi connectivity index (χ0v) is 10.3. The molecule has 3 nitrogen and oxygen atoms in total. The monoisotopic (exact) mass is 244 g/mol. The van der Waals surface area contributed by atoms with Gasteiger partial charge in [-0.3, -0.25) is 0 Å². The quantitative estimate of drug-likeness (QED) is 0.705. The van der Waals surface area contributed by atoms with Gasteiger partial charge in [0.1, 0.15) is 0 Å². The number of rotatable bonds is 3. The van der Waals surface area contributed by atoms with E-state index in [1.165, 1.54) is 10.4 Å². The van der Waals surface area contributed by atoms with Crippen molar-refractivity contribution in [1.29, 1.82) is 0 Å². The first-order valence-electron chi connectivity index (χ1n) is 5.41. The third-order valence-electron chi connectivity index (χ3n) is 2.71. The molecule has 0 unspecified atom stereocenters. The molecule has 3 rings (SSSR count). The molecule has 3 aromatic rings. The summed E-state index contributed by atoms with van der Waals surface area (Å²) in [7, 11) is 0. The SMILES string of the molecule is Cc1ccsc1-c1nccn1Cc1ccoc1. The van der Waals surface area contributed by atoms with Crippen LogP contribution in [0.15, 0.2) is 46.8 Å². The second-order valence-corrected chi connectivity index (χ2v) is 4.86. The van der Waals surface area contributed by atoms with Gasteiger partial charge < -0.3 is 8.98 Å². The summed E-state index contributed by atoms with van der Waals surface area (Å²) in [6.07, 6.45) is 7.31. The predicted molar refractivity (Wildman–Crippen MR) is 68.1 cm³/mol. The lowest BCUT2D eigenvalue weighted by atomic mass is 10.2. The van der Waals surface area contributed by atoms with Gasteiger partial charge in [-0.25, -0.2) is 4.98 Å². The van der Waals surface area contributed by atoms with Crippen molar-refractivity contribution in [2.75, 3.05) is 0 Å². The van der Waals surface area contributed by atoms with Crippen LogP contribution in [-0.2, 0) is 6.54 Å². The maximum Gasteiger partial charge on any atom is 0.150 e. The van der Waals surface area contributed by atoms with E-state index in [-0.39, 0.29) is 0 Å². The molecular weight excluding hydrogens is 232 g/mol. The Hall–Kier alpha value is -1.81. The number of imidazole rings is 1. The minimum Gasteiger partial charge on any atom is -0.472 e. The fourth-order valence-electron chi connectivity index (χ4n) is 1.83. The molecule has 0 aliphatic heterocycles. The average molecular weight is 244 g/mol. The van der Waals surface area contributed by atoms with Gasteiger partial charge in [0.25, 0.3) is 0 Å². The van der Waals surface area contributed by atoms with E-state index in [0.29, 0.717) is 0 Å². The molecule has 17 heavy (non-hydrogen) atoms. The van der Waals surface area contributed by atoms with Crippen LogP contribution in [0.2, 0.25) is 0 Å². The Morgan fingerprint density at radius 2 is 2.35 bits per heavy atom. The van der Waals surface area contributed by atoms with Gasteiger partial charge in [-0.15, -0.1) is 11.3 Å². The highest BCUT2D eigenvalue weighted by Gasteiger charge is 2.10. The van der Waals surface area contributed by atoms with E-state index < -0.39 is 0 Å². The van der Waals surface area contributed by atoms with E-state index in [4.69, 9.17) is 4.42 Å². The highest BCUT2D eigenvalue weighted by molar-refractivity contribution is 7.13. The molecule has 0 bridgehead atoms. The number of hydrogen-bond acceptors (Lipinski definition) is 3. The van der Waals surface area contributed by atoms with Crippen molar-refractivity contribution >= 4 is 11.3 Å². The first-order chi connectivity index (χ1) is 8.34. The standard InChI is InChI=1S/C13H12N2OS/c1-10-3-7-17-12(10)13-14-4-5-15(13)8-11-2-6-16-9-11/h2-7,9H,8H2,1H3. The summed E-state index contributed by atoms with van der Waals surface area (Å²) in [5.41, 5.74) is 2.42. The Balaban J connectivity index is 1.97. The highest BCUT2D eigenvalue weighted by atomic mass is 32.1. The van der Waals surface area contributed by atoms with Gasteiger partial charge in [-0.2, -0.15) is 0 Å². The van der Waals surface area contributed by atoms with Crippen LogP contribution in [0.3, 0.4) is 0 Å². The van der Waals surface area contributed by atoms with Gasteiger partial charge in [0, 0.05) is 18.0 Å². The number of nitrogens with zero attached hydrogens (tertiary/aromatic N) is 2. The van der Waals surface area contributed by atoms with E-state index in [1.54, 1.807) is 23.9 Å². The Kier molecular flexibility index (Phi) is 2.57. The number of aromatic nitrogens is 2. The maximum atomic E-state index is 5.09. The van der Waals surface area contributed by atoms with E-state index in [1.807, 2.05) is 18.5 Å². The zero-order chi connectivity index (χ0) is 11.7. The van der Waals surface area contributed by atoms with E-state index >= 15 is 0 Å². The van der Waals surface area contributed by atoms with Gasteiger partial charge in [-0.05, 0) is 30.0 Å². The van der Waals surface area contributed by atoms with Crippen molar-refractivity contribution in [3.05, 3.63) is 53.6 Å². The molecule has 0 aromatic carbocycles. The number of aryl methyl sites for hydroxylation is 1. The van der Waals surface area contributed by atoms with Crippen molar-refractivity contribution in [3.8, 4) is 10.7 Å². The number of furan rings is 1. The normalized spacial score (nSPS) is 10.9. The molecule has 0 N–H and O–H groups in total. The van der Waals surface area contributed by atoms with Gasteiger partial charge in [0.2, 0.25) is 0 Å². The van der Waals surface area contributed by atoms with Crippen LogP contribution in [0.5, 0.6) is 0 Å². The van der Waals surface area contributed by atoms with Crippen LogP contribution in [0.1, 0.15) is 11.1 Å². The van der Waals surface area contributed by atoms with Crippen LogP contribution in [0, 0.1) is 6.92 Å². The third-order valence-corrected chi connectivity index (χ3v) is 3.73. The van der Waals surface area contributed by atoms with Crippen molar-refractivity contribution in [1.82, 2.24) is 9.55 Å². The van der Waals surface area contributed by atoms with Crippen LogP contribution in [0.25, 0.3) is 10.7 Å². The van der Waals surface area contributed by atoms with Crippen LogP contribution < -0.4 is 0 Å². The van der Waals surface area contributed by atoms with Crippen LogP contribution >= 0.6 is 11.3 Å². The largest absolute Gasteiger partial charge is 0.472 e. The first-order valence-corrected chi connectivity index (χ1v) is 6.29. The third kappa shape index (κ3) is 1.91. The van der Waals surface area contributed by atoms with Crippen LogP contribution in [0.4, 0.5) is 0 Å². The van der Waals surface area contributed by atoms with Crippen molar-refractivity contribution < 1.29 is 4.42 Å². The fraction of sp³-hybridized carbons (Fsp3) is 0.154. The Morgan fingerprint density at radius 1 is 1.41 bits per heavy atom. The lowest BCUT2D eigenvalue weighted by molar-refractivity contribution is 0.562. The molecule has 4 heteroatoms. The summed E-state index contributed by atoms with van der Waals surface area (Å²) < 4.78 is 7.23. The maximum absolute atomic E-state index is 5.09. The molecule has 0 aliphatic carbocycles. The minimum absolute atomic E-state index is 0.795. The Bertz CT molecular complexity index is 607. The fourth-order valence-corrected chi connectivity index (χ4v) is 2.76. The summed E-state index contributed by atoms with van der Waals surface area (Å²) in [5.74, 6) is 1.03. The average Bonchev–Trinajstić information content (AvgIpc) is 3.00. The summed E-state index contributed by atoms with van der Waals surface area (Å²) >= 11 is 1.73. The summed E-state index contributed by atoms with van der Waals surface area (Å²) in [4.78, 5) is 5.68. The Morgan fingerprint density at radius 3 is 3.06 bits per heavy atom. The molecule has 3 aromatic heterocycles. The summed E-state index contributed by atoms with van der Waals surface area (Å²) in [5, 5.41) is 2.10. The number of hydrogen-bond donors (Lipinski definition) is 0. The topological polar surface area (TPSA) is 31.0 Å². The van der Waals surface area contributed by atoms with E-state index in [9.17, 15) is 0 Å². The van der Waals surface area contributed by atoms with Crippen LogP contribution in [-0.4, -0.2) is 9.55 Å². The lowest BCUT2D eigenvalue weighted by Crippen LogP contribution is -1.99.